The van der Waals surface area contributed by atoms with Gasteiger partial charge in [-0.1, -0.05) is 36.0 Å². The number of halogens is 3. The minimum absolute atomic E-state index is 0.0327. The summed E-state index contributed by atoms with van der Waals surface area (Å²) in [6.07, 6.45) is -2.79. The highest BCUT2D eigenvalue weighted by Gasteiger charge is 2.32. The van der Waals surface area contributed by atoms with Gasteiger partial charge in [-0.3, -0.25) is 4.79 Å². The molecule has 1 aromatic heterocycles. The van der Waals surface area contributed by atoms with Crippen LogP contribution in [0.3, 0.4) is 0 Å². The van der Waals surface area contributed by atoms with E-state index in [0.29, 0.717) is 13.0 Å². The summed E-state index contributed by atoms with van der Waals surface area (Å²) < 4.78 is 37.6. The first-order valence-electron chi connectivity index (χ1n) is 7.20. The van der Waals surface area contributed by atoms with Gasteiger partial charge in [0.15, 0.2) is 5.16 Å². The summed E-state index contributed by atoms with van der Waals surface area (Å²) in [7, 11) is 0. The molecule has 128 valence electrons. The Morgan fingerprint density at radius 3 is 2.71 bits per heavy atom. The summed E-state index contributed by atoms with van der Waals surface area (Å²) in [6, 6.07) is 8.67. The molecule has 1 amide bonds. The number of thioether (sulfide) groups is 1. The third-order valence-corrected chi connectivity index (χ3v) is 4.10. The van der Waals surface area contributed by atoms with Crippen molar-refractivity contribution >= 4 is 17.7 Å². The summed E-state index contributed by atoms with van der Waals surface area (Å²) in [6.45, 7) is 2.46. The largest absolute Gasteiger partial charge is 0.433 e. The van der Waals surface area contributed by atoms with E-state index in [1.165, 1.54) is 0 Å². The predicted molar refractivity (Wildman–Crippen MR) is 85.7 cm³/mol. The number of hydrogen-bond acceptors (Lipinski definition) is 4. The molecule has 0 unspecified atom stereocenters. The van der Waals surface area contributed by atoms with E-state index in [1.54, 1.807) is 0 Å². The van der Waals surface area contributed by atoms with Crippen LogP contribution < -0.4 is 5.32 Å². The fourth-order valence-electron chi connectivity index (χ4n) is 1.98. The lowest BCUT2D eigenvalue weighted by Gasteiger charge is -2.08. The van der Waals surface area contributed by atoms with Crippen molar-refractivity contribution in [1.29, 1.82) is 0 Å². The predicted octanol–water partition coefficient (Wildman–Crippen LogP) is 3.25. The van der Waals surface area contributed by atoms with Gasteiger partial charge in [-0.05, 0) is 30.5 Å². The number of carbonyl (C=O) groups excluding carboxylic acids is 1. The monoisotopic (exact) mass is 355 g/mol. The van der Waals surface area contributed by atoms with Gasteiger partial charge in [0.05, 0.1) is 5.75 Å². The molecule has 0 saturated carbocycles. The SMILES string of the molecule is Cc1ccccc1CCNC(=O)CSc1nccc(C(F)(F)F)n1. The van der Waals surface area contributed by atoms with Gasteiger partial charge in [-0.2, -0.15) is 13.2 Å². The molecule has 8 heteroatoms. The van der Waals surface area contributed by atoms with Crippen LogP contribution >= 0.6 is 11.8 Å². The lowest BCUT2D eigenvalue weighted by Crippen LogP contribution is -2.27. The number of aromatic nitrogens is 2. The summed E-state index contributed by atoms with van der Waals surface area (Å²) >= 11 is 0.874. The molecule has 0 aliphatic carbocycles. The minimum Gasteiger partial charge on any atom is -0.355 e. The highest BCUT2D eigenvalue weighted by molar-refractivity contribution is 7.99. The summed E-state index contributed by atoms with van der Waals surface area (Å²) in [5.41, 5.74) is 1.28. The zero-order valence-electron chi connectivity index (χ0n) is 12.9. The number of alkyl halides is 3. The second-order valence-electron chi connectivity index (χ2n) is 5.04. The quantitative estimate of drug-likeness (QED) is 0.638. The van der Waals surface area contributed by atoms with Crippen molar-refractivity contribution < 1.29 is 18.0 Å². The highest BCUT2D eigenvalue weighted by atomic mass is 32.2. The summed E-state index contributed by atoms with van der Waals surface area (Å²) in [5, 5.41) is 2.67. The number of nitrogens with zero attached hydrogens (tertiary/aromatic N) is 2. The van der Waals surface area contributed by atoms with Crippen molar-refractivity contribution in [1.82, 2.24) is 15.3 Å². The maximum atomic E-state index is 12.5. The molecule has 1 heterocycles. The summed E-state index contributed by atoms with van der Waals surface area (Å²) in [5.74, 6) is -0.302. The Bertz CT molecular complexity index is 707. The number of carbonyl (C=O) groups is 1. The molecular formula is C16H16F3N3OS. The molecule has 0 fully saturated rings. The molecule has 0 aliphatic rings. The average molecular weight is 355 g/mol. The minimum atomic E-state index is -4.52. The molecule has 24 heavy (non-hydrogen) atoms. The van der Waals surface area contributed by atoms with Crippen molar-refractivity contribution in [2.45, 2.75) is 24.7 Å². The first-order chi connectivity index (χ1) is 11.4. The van der Waals surface area contributed by atoms with Crippen molar-refractivity contribution in [2.75, 3.05) is 12.3 Å². The maximum absolute atomic E-state index is 12.5. The molecule has 0 bridgehead atoms. The molecule has 2 aromatic rings. The lowest BCUT2D eigenvalue weighted by atomic mass is 10.1. The van der Waals surface area contributed by atoms with Gasteiger partial charge >= 0.3 is 6.18 Å². The van der Waals surface area contributed by atoms with Gasteiger partial charge < -0.3 is 5.32 Å². The van der Waals surface area contributed by atoms with Gasteiger partial charge in [0.2, 0.25) is 5.91 Å². The van der Waals surface area contributed by atoms with E-state index in [0.717, 1.165) is 35.2 Å². The fourth-order valence-corrected chi connectivity index (χ4v) is 2.64. The van der Waals surface area contributed by atoms with Crippen LogP contribution in [0.4, 0.5) is 13.2 Å². The Kier molecular flexibility index (Phi) is 6.19. The van der Waals surface area contributed by atoms with Crippen molar-refractivity contribution in [3.63, 3.8) is 0 Å². The molecule has 0 saturated heterocycles. The number of benzene rings is 1. The first-order valence-corrected chi connectivity index (χ1v) is 8.19. The fraction of sp³-hybridized carbons (Fsp3) is 0.312. The van der Waals surface area contributed by atoms with Gasteiger partial charge in [0.25, 0.3) is 0 Å². The molecule has 4 nitrogen and oxygen atoms in total. The van der Waals surface area contributed by atoms with Gasteiger partial charge in [-0.25, -0.2) is 9.97 Å². The third-order valence-electron chi connectivity index (χ3n) is 3.23. The van der Waals surface area contributed by atoms with Crippen molar-refractivity contribution in [3.8, 4) is 0 Å². The van der Waals surface area contributed by atoms with E-state index >= 15 is 0 Å². The summed E-state index contributed by atoms with van der Waals surface area (Å²) in [4.78, 5) is 18.9. The number of amides is 1. The van der Waals surface area contributed by atoms with Crippen LogP contribution in [0, 0.1) is 6.92 Å². The van der Waals surface area contributed by atoms with Gasteiger partial charge in [-0.15, -0.1) is 0 Å². The second-order valence-corrected chi connectivity index (χ2v) is 5.98. The van der Waals surface area contributed by atoms with Crippen LogP contribution in [0.2, 0.25) is 0 Å². The van der Waals surface area contributed by atoms with E-state index in [1.807, 2.05) is 31.2 Å². The Morgan fingerprint density at radius 1 is 1.25 bits per heavy atom. The maximum Gasteiger partial charge on any atom is 0.433 e. The number of nitrogens with one attached hydrogen (secondary N) is 1. The normalized spacial score (nSPS) is 11.3. The first kappa shape index (κ1) is 18.3. The number of hydrogen-bond donors (Lipinski definition) is 1. The highest BCUT2D eigenvalue weighted by Crippen LogP contribution is 2.28. The lowest BCUT2D eigenvalue weighted by molar-refractivity contribution is -0.141. The van der Waals surface area contributed by atoms with Crippen LogP contribution in [-0.2, 0) is 17.4 Å². The zero-order chi connectivity index (χ0) is 17.6. The van der Waals surface area contributed by atoms with Crippen LogP contribution in [0.15, 0.2) is 41.7 Å². The number of aryl methyl sites for hydroxylation is 1. The van der Waals surface area contributed by atoms with Crippen molar-refractivity contribution in [3.05, 3.63) is 53.3 Å². The molecular weight excluding hydrogens is 339 g/mol. The average Bonchev–Trinajstić information content (AvgIpc) is 2.54. The Labute approximate surface area is 141 Å². The molecule has 0 atom stereocenters. The van der Waals surface area contributed by atoms with Gasteiger partial charge in [0, 0.05) is 12.7 Å². The van der Waals surface area contributed by atoms with Crippen LogP contribution in [0.5, 0.6) is 0 Å². The smallest absolute Gasteiger partial charge is 0.355 e. The van der Waals surface area contributed by atoms with Gasteiger partial charge in [0.1, 0.15) is 5.69 Å². The number of rotatable bonds is 6. The molecule has 0 radical (unpaired) electrons. The molecule has 0 aliphatic heterocycles. The molecule has 1 aromatic carbocycles. The third kappa shape index (κ3) is 5.52. The van der Waals surface area contributed by atoms with Crippen LogP contribution in [0.25, 0.3) is 0 Å². The zero-order valence-corrected chi connectivity index (χ0v) is 13.7. The molecule has 1 N–H and O–H groups in total. The topological polar surface area (TPSA) is 54.9 Å². The van der Waals surface area contributed by atoms with E-state index in [9.17, 15) is 18.0 Å². The Morgan fingerprint density at radius 2 is 2.00 bits per heavy atom. The van der Waals surface area contributed by atoms with Crippen LogP contribution in [0.1, 0.15) is 16.8 Å². The van der Waals surface area contributed by atoms with E-state index in [-0.39, 0.29) is 16.8 Å². The van der Waals surface area contributed by atoms with E-state index in [2.05, 4.69) is 15.3 Å². The Hall–Kier alpha value is -2.09. The Balaban J connectivity index is 1.78. The molecule has 2 rings (SSSR count). The van der Waals surface area contributed by atoms with Crippen molar-refractivity contribution in [2.24, 2.45) is 0 Å². The van der Waals surface area contributed by atoms with Crippen LogP contribution in [-0.4, -0.2) is 28.2 Å². The van der Waals surface area contributed by atoms with E-state index in [4.69, 9.17) is 0 Å². The second kappa shape index (κ2) is 8.14. The molecule has 0 spiro atoms. The van der Waals surface area contributed by atoms with E-state index < -0.39 is 11.9 Å². The standard InChI is InChI=1S/C16H16F3N3OS/c1-11-4-2-3-5-12(11)6-8-20-14(23)10-24-15-21-9-7-13(22-15)16(17,18)19/h2-5,7,9H,6,8,10H2,1H3,(H,20,23).